The van der Waals surface area contributed by atoms with E-state index in [1.54, 1.807) is 24.5 Å². The van der Waals surface area contributed by atoms with Crippen LogP contribution in [0.25, 0.3) is 0 Å². The van der Waals surface area contributed by atoms with Crippen LogP contribution in [-0.4, -0.2) is 28.4 Å². The van der Waals surface area contributed by atoms with Gasteiger partial charge in [0, 0.05) is 16.4 Å². The van der Waals surface area contributed by atoms with Gasteiger partial charge in [-0.3, -0.25) is 5.43 Å². The first-order valence-corrected chi connectivity index (χ1v) is 6.78. The van der Waals surface area contributed by atoms with Crippen LogP contribution in [0, 0.1) is 0 Å². The predicted molar refractivity (Wildman–Crippen MR) is 71.4 cm³/mol. The third-order valence-electron chi connectivity index (χ3n) is 1.86. The second-order valence-electron chi connectivity index (χ2n) is 3.06. The lowest BCUT2D eigenvalue weighted by atomic mass is 10.5. The van der Waals surface area contributed by atoms with Crippen LogP contribution in [0.1, 0.15) is 22.3 Å². The highest BCUT2D eigenvalue weighted by molar-refractivity contribution is 7.11. The van der Waals surface area contributed by atoms with Gasteiger partial charge >= 0.3 is 5.97 Å². The maximum atomic E-state index is 11.5. The number of rotatable bonds is 5. The van der Waals surface area contributed by atoms with Gasteiger partial charge in [0.1, 0.15) is 0 Å². The van der Waals surface area contributed by atoms with Gasteiger partial charge in [-0.25, -0.2) is 4.79 Å². The number of aromatic nitrogens is 2. The van der Waals surface area contributed by atoms with Crippen molar-refractivity contribution in [3.63, 3.8) is 0 Å². The fourth-order valence-electron chi connectivity index (χ4n) is 1.12. The van der Waals surface area contributed by atoms with Crippen LogP contribution in [0.3, 0.4) is 0 Å². The Labute approximate surface area is 111 Å². The van der Waals surface area contributed by atoms with Crippen molar-refractivity contribution in [1.29, 1.82) is 0 Å². The molecule has 2 heterocycles. The average molecular weight is 282 g/mol. The maximum absolute atomic E-state index is 11.5. The Morgan fingerprint density at radius 3 is 3.28 bits per heavy atom. The molecule has 2 rings (SSSR count). The van der Waals surface area contributed by atoms with Gasteiger partial charge in [-0.05, 0) is 18.4 Å². The van der Waals surface area contributed by atoms with Gasteiger partial charge in [0.05, 0.1) is 12.8 Å². The molecule has 6 nitrogen and oxygen atoms in total. The van der Waals surface area contributed by atoms with E-state index in [0.717, 1.165) is 16.4 Å². The van der Waals surface area contributed by atoms with Crippen LogP contribution in [0.5, 0.6) is 0 Å². The first kappa shape index (κ1) is 12.7. The summed E-state index contributed by atoms with van der Waals surface area (Å²) in [6.45, 7) is 2.04. The van der Waals surface area contributed by atoms with Gasteiger partial charge in [0.15, 0.2) is 5.00 Å². The summed E-state index contributed by atoms with van der Waals surface area (Å²) in [7, 11) is 0. The van der Waals surface area contributed by atoms with Crippen molar-refractivity contribution >= 4 is 40.1 Å². The highest BCUT2D eigenvalue weighted by Gasteiger charge is 2.17. The van der Waals surface area contributed by atoms with E-state index in [1.165, 1.54) is 0 Å². The molecule has 0 amide bonds. The van der Waals surface area contributed by atoms with Crippen LogP contribution in [0.4, 0.5) is 5.00 Å². The zero-order valence-corrected chi connectivity index (χ0v) is 11.1. The molecule has 0 saturated heterocycles. The Kier molecular flexibility index (Phi) is 4.37. The summed E-state index contributed by atoms with van der Waals surface area (Å²) in [5, 5.41) is 10.2. The maximum Gasteiger partial charge on any atom is 0.362 e. The van der Waals surface area contributed by atoms with E-state index in [9.17, 15) is 4.79 Å². The third kappa shape index (κ3) is 3.11. The zero-order chi connectivity index (χ0) is 12.8. The average Bonchev–Trinajstić information content (AvgIpc) is 3.00. The van der Waals surface area contributed by atoms with E-state index >= 15 is 0 Å². The first-order chi connectivity index (χ1) is 8.81. The predicted octanol–water partition coefficient (Wildman–Crippen LogP) is 2.22. The summed E-state index contributed by atoms with van der Waals surface area (Å²) in [6, 6.07) is 3.87. The molecule has 0 bridgehead atoms. The molecule has 8 heteroatoms. The minimum atomic E-state index is -0.500. The molecule has 0 saturated carbocycles. The van der Waals surface area contributed by atoms with Crippen LogP contribution in [-0.2, 0) is 4.74 Å². The number of carbonyl (C=O) groups excluding carboxylic acids is 1. The lowest BCUT2D eigenvalue weighted by Gasteiger charge is -1.99. The van der Waals surface area contributed by atoms with Gasteiger partial charge in [0.25, 0.3) is 0 Å². The Balaban J connectivity index is 2.02. The molecule has 18 heavy (non-hydrogen) atoms. The summed E-state index contributed by atoms with van der Waals surface area (Å²) in [5.74, 6) is -0.500. The van der Waals surface area contributed by atoms with E-state index < -0.39 is 5.97 Å². The number of anilines is 1. The van der Waals surface area contributed by atoms with Crippen LogP contribution in [0.2, 0.25) is 0 Å². The van der Waals surface area contributed by atoms with Crippen molar-refractivity contribution in [2.24, 2.45) is 5.10 Å². The van der Waals surface area contributed by atoms with E-state index in [0.29, 0.717) is 11.6 Å². The Morgan fingerprint density at radius 1 is 1.67 bits per heavy atom. The van der Waals surface area contributed by atoms with E-state index in [2.05, 4.69) is 20.1 Å². The Bertz CT molecular complexity index is 536. The molecule has 0 radical (unpaired) electrons. The number of nitrogens with one attached hydrogen (secondary N) is 1. The quantitative estimate of drug-likeness (QED) is 0.517. The van der Waals surface area contributed by atoms with Crippen molar-refractivity contribution in [2.45, 2.75) is 6.92 Å². The van der Waals surface area contributed by atoms with Crippen molar-refractivity contribution in [3.8, 4) is 0 Å². The summed E-state index contributed by atoms with van der Waals surface area (Å²) < 4.78 is 8.55. The number of hydrogen-bond donors (Lipinski definition) is 1. The molecule has 2 aromatic rings. The van der Waals surface area contributed by atoms with Crippen molar-refractivity contribution in [2.75, 3.05) is 12.0 Å². The molecule has 0 atom stereocenters. The summed E-state index contributed by atoms with van der Waals surface area (Å²) >= 11 is 2.63. The van der Waals surface area contributed by atoms with Gasteiger partial charge in [-0.1, -0.05) is 10.6 Å². The summed E-state index contributed by atoms with van der Waals surface area (Å²) in [5.41, 5.74) is 2.90. The standard InChI is InChI=1S/C10H10N4O2S2/c1-2-16-10(15)8-9(18-14-12-8)13-11-6-7-4-3-5-17-7/h3-6,13H,2H2,1H3/b11-6-. The molecule has 1 N–H and O–H groups in total. The highest BCUT2D eigenvalue weighted by Crippen LogP contribution is 2.18. The topological polar surface area (TPSA) is 76.5 Å². The van der Waals surface area contributed by atoms with E-state index in [1.807, 2.05) is 17.5 Å². The van der Waals surface area contributed by atoms with Crippen molar-refractivity contribution < 1.29 is 9.53 Å². The number of esters is 1. The van der Waals surface area contributed by atoms with Crippen molar-refractivity contribution in [1.82, 2.24) is 9.59 Å². The number of thiophene rings is 1. The van der Waals surface area contributed by atoms with Gasteiger partial charge < -0.3 is 4.74 Å². The normalized spacial score (nSPS) is 10.7. The smallest absolute Gasteiger partial charge is 0.362 e. The molecular formula is C10H10N4O2S2. The first-order valence-electron chi connectivity index (χ1n) is 5.13. The minimum absolute atomic E-state index is 0.158. The lowest BCUT2D eigenvalue weighted by molar-refractivity contribution is 0.0520. The summed E-state index contributed by atoms with van der Waals surface area (Å²) in [4.78, 5) is 12.5. The number of ether oxygens (including phenoxy) is 1. The van der Waals surface area contributed by atoms with Crippen LogP contribution >= 0.6 is 22.9 Å². The zero-order valence-electron chi connectivity index (χ0n) is 9.49. The molecule has 0 unspecified atom stereocenters. The molecule has 0 aliphatic carbocycles. The van der Waals surface area contributed by atoms with Gasteiger partial charge in [-0.15, -0.1) is 16.4 Å². The van der Waals surface area contributed by atoms with Gasteiger partial charge in [-0.2, -0.15) is 5.10 Å². The van der Waals surface area contributed by atoms with E-state index in [-0.39, 0.29) is 5.69 Å². The monoisotopic (exact) mass is 282 g/mol. The lowest BCUT2D eigenvalue weighted by Crippen LogP contribution is -2.07. The van der Waals surface area contributed by atoms with E-state index in [4.69, 9.17) is 4.74 Å². The molecule has 0 fully saturated rings. The van der Waals surface area contributed by atoms with Gasteiger partial charge in [0.2, 0.25) is 5.69 Å². The molecular weight excluding hydrogens is 272 g/mol. The number of hydrogen-bond acceptors (Lipinski definition) is 8. The number of hydrazone groups is 1. The molecule has 2 aromatic heterocycles. The molecule has 0 aliphatic heterocycles. The number of nitrogens with zero attached hydrogens (tertiary/aromatic N) is 3. The molecule has 94 valence electrons. The molecule has 0 spiro atoms. The highest BCUT2D eigenvalue weighted by atomic mass is 32.1. The van der Waals surface area contributed by atoms with Crippen molar-refractivity contribution in [3.05, 3.63) is 28.1 Å². The van der Waals surface area contributed by atoms with Crippen LogP contribution < -0.4 is 5.43 Å². The summed E-state index contributed by atoms with van der Waals surface area (Å²) in [6.07, 6.45) is 1.67. The fourth-order valence-corrected chi connectivity index (χ4v) is 2.21. The number of carbonyl (C=O) groups is 1. The minimum Gasteiger partial charge on any atom is -0.461 e. The largest absolute Gasteiger partial charge is 0.461 e. The third-order valence-corrected chi connectivity index (χ3v) is 3.30. The second-order valence-corrected chi connectivity index (χ2v) is 4.79. The Hall–Kier alpha value is -1.80. The molecule has 0 aliphatic rings. The SMILES string of the molecule is CCOC(=O)c1nnsc1N/N=C\c1cccs1. The molecule has 0 aromatic carbocycles. The van der Waals surface area contributed by atoms with Crippen LogP contribution in [0.15, 0.2) is 22.6 Å². The fraction of sp³-hybridized carbons (Fsp3) is 0.200. The second kappa shape index (κ2) is 6.22. The Morgan fingerprint density at radius 2 is 2.56 bits per heavy atom.